The molecule has 1 saturated heterocycles. The Morgan fingerprint density at radius 1 is 1.07 bits per heavy atom. The maximum atomic E-state index is 12.7. The maximum Gasteiger partial charge on any atom is 0.227 e. The number of methoxy groups -OCH3 is 2. The van der Waals surface area contributed by atoms with Crippen molar-refractivity contribution in [2.75, 3.05) is 37.5 Å². The number of carbonyl (C=O) groups excluding carboxylic acids is 1. The number of nitrogens with one attached hydrogen (secondary N) is 1. The van der Waals surface area contributed by atoms with Crippen molar-refractivity contribution in [1.29, 1.82) is 0 Å². The number of aromatic nitrogens is 5. The highest BCUT2D eigenvalue weighted by molar-refractivity contribution is 5.94. The molecule has 2 aromatic heterocycles. The van der Waals surface area contributed by atoms with E-state index in [1.807, 2.05) is 12.1 Å². The third kappa shape index (κ3) is 4.17. The number of rotatable bonds is 6. The number of anilines is 2. The van der Waals surface area contributed by atoms with Gasteiger partial charge in [-0.15, -0.1) is 10.2 Å². The van der Waals surface area contributed by atoms with E-state index in [2.05, 4.69) is 30.5 Å². The van der Waals surface area contributed by atoms with E-state index in [0.29, 0.717) is 23.0 Å². The molecule has 1 fully saturated rings. The van der Waals surface area contributed by atoms with Crippen molar-refractivity contribution in [3.8, 4) is 17.3 Å². The summed E-state index contributed by atoms with van der Waals surface area (Å²) in [4.78, 5) is 18.8. The highest BCUT2D eigenvalue weighted by Crippen LogP contribution is 2.30. The van der Waals surface area contributed by atoms with E-state index in [1.54, 1.807) is 43.4 Å². The van der Waals surface area contributed by atoms with Crippen LogP contribution in [0.3, 0.4) is 0 Å². The second-order valence-electron chi connectivity index (χ2n) is 6.91. The molecule has 1 aliphatic rings. The van der Waals surface area contributed by atoms with Gasteiger partial charge >= 0.3 is 0 Å². The van der Waals surface area contributed by atoms with Gasteiger partial charge in [0.05, 0.1) is 19.9 Å². The topological polar surface area (TPSA) is 107 Å². The first-order valence-electron chi connectivity index (χ1n) is 9.64. The summed E-state index contributed by atoms with van der Waals surface area (Å²) in [6, 6.07) is 9.09. The quantitative estimate of drug-likeness (QED) is 0.658. The van der Waals surface area contributed by atoms with Crippen molar-refractivity contribution < 1.29 is 14.3 Å². The van der Waals surface area contributed by atoms with E-state index < -0.39 is 0 Å². The molecule has 1 amide bonds. The van der Waals surface area contributed by atoms with Gasteiger partial charge in [0.2, 0.25) is 5.91 Å². The van der Waals surface area contributed by atoms with E-state index in [9.17, 15) is 4.79 Å². The molecule has 10 nitrogen and oxygen atoms in total. The highest BCUT2D eigenvalue weighted by Gasteiger charge is 2.26. The molecule has 156 valence electrons. The fourth-order valence-corrected chi connectivity index (χ4v) is 3.44. The maximum absolute atomic E-state index is 12.7. The third-order valence-corrected chi connectivity index (χ3v) is 5.15. The van der Waals surface area contributed by atoms with Gasteiger partial charge in [0.15, 0.2) is 11.6 Å². The Morgan fingerprint density at radius 2 is 1.83 bits per heavy atom. The van der Waals surface area contributed by atoms with Gasteiger partial charge in [0, 0.05) is 25.1 Å². The molecule has 3 aromatic rings. The predicted molar refractivity (Wildman–Crippen MR) is 110 cm³/mol. The van der Waals surface area contributed by atoms with E-state index in [1.165, 1.54) is 6.33 Å². The lowest BCUT2D eigenvalue weighted by Gasteiger charge is -2.31. The largest absolute Gasteiger partial charge is 0.497 e. The minimum absolute atomic E-state index is 0.00858. The Bertz CT molecular complexity index is 984. The van der Waals surface area contributed by atoms with Crippen LogP contribution in [0.25, 0.3) is 5.82 Å². The van der Waals surface area contributed by atoms with Crippen LogP contribution in [-0.4, -0.2) is 58.2 Å². The van der Waals surface area contributed by atoms with Crippen LogP contribution in [-0.2, 0) is 4.79 Å². The number of benzene rings is 1. The van der Waals surface area contributed by atoms with Crippen molar-refractivity contribution >= 4 is 17.4 Å². The number of carbonyl (C=O) groups is 1. The Balaban J connectivity index is 1.34. The fourth-order valence-electron chi connectivity index (χ4n) is 3.44. The molecular weight excluding hydrogens is 386 g/mol. The van der Waals surface area contributed by atoms with Gasteiger partial charge in [0.25, 0.3) is 0 Å². The molecule has 0 atom stereocenters. The molecule has 1 aromatic carbocycles. The summed E-state index contributed by atoms with van der Waals surface area (Å²) in [5.74, 6) is 2.56. The SMILES string of the molecule is COc1ccc(NC(=O)C2CCN(c3ccc(-n4cncn4)nn3)CC2)c(OC)c1. The Morgan fingerprint density at radius 3 is 2.47 bits per heavy atom. The van der Waals surface area contributed by atoms with Gasteiger partial charge < -0.3 is 19.7 Å². The number of hydrogen-bond acceptors (Lipinski definition) is 8. The number of piperidine rings is 1. The predicted octanol–water partition coefficient (Wildman–Crippen LogP) is 1.93. The highest BCUT2D eigenvalue weighted by atomic mass is 16.5. The Kier molecular flexibility index (Phi) is 5.73. The molecule has 10 heteroatoms. The minimum atomic E-state index is -0.0737. The van der Waals surface area contributed by atoms with Gasteiger partial charge in [-0.2, -0.15) is 5.10 Å². The molecule has 0 aliphatic carbocycles. The van der Waals surface area contributed by atoms with Crippen molar-refractivity contribution in [2.45, 2.75) is 12.8 Å². The molecule has 1 aliphatic heterocycles. The lowest BCUT2D eigenvalue weighted by Crippen LogP contribution is -2.38. The minimum Gasteiger partial charge on any atom is -0.497 e. The van der Waals surface area contributed by atoms with Gasteiger partial charge in [-0.05, 0) is 37.1 Å². The second-order valence-corrected chi connectivity index (χ2v) is 6.91. The summed E-state index contributed by atoms with van der Waals surface area (Å²) in [7, 11) is 3.16. The monoisotopic (exact) mass is 409 g/mol. The summed E-state index contributed by atoms with van der Waals surface area (Å²) in [6.45, 7) is 1.46. The Labute approximate surface area is 173 Å². The molecule has 4 rings (SSSR count). The molecule has 30 heavy (non-hydrogen) atoms. The smallest absolute Gasteiger partial charge is 0.227 e. The fraction of sp³-hybridized carbons (Fsp3) is 0.350. The van der Waals surface area contributed by atoms with E-state index >= 15 is 0 Å². The zero-order chi connectivity index (χ0) is 20.9. The number of amides is 1. The summed E-state index contributed by atoms with van der Waals surface area (Å²) >= 11 is 0. The van der Waals surface area contributed by atoms with E-state index in [0.717, 1.165) is 31.7 Å². The van der Waals surface area contributed by atoms with Crippen LogP contribution >= 0.6 is 0 Å². The second kappa shape index (κ2) is 8.76. The van der Waals surface area contributed by atoms with Gasteiger partial charge in [-0.1, -0.05) is 0 Å². The Hall–Kier alpha value is -3.69. The number of nitrogens with zero attached hydrogens (tertiary/aromatic N) is 6. The lowest BCUT2D eigenvalue weighted by atomic mass is 9.95. The molecule has 0 saturated carbocycles. The van der Waals surface area contributed by atoms with Crippen LogP contribution in [0.5, 0.6) is 11.5 Å². The van der Waals surface area contributed by atoms with Crippen LogP contribution < -0.4 is 19.7 Å². The zero-order valence-corrected chi connectivity index (χ0v) is 16.9. The number of hydrogen-bond donors (Lipinski definition) is 1. The van der Waals surface area contributed by atoms with E-state index in [-0.39, 0.29) is 11.8 Å². The standard InChI is InChI=1S/C20H23N7O3/c1-29-15-3-4-16(17(11-15)30-2)23-20(28)14-7-9-26(10-8-14)18-5-6-19(25-24-18)27-13-21-12-22-27/h3-6,11-14H,7-10H2,1-2H3,(H,23,28). The molecule has 0 unspecified atom stereocenters. The zero-order valence-electron chi connectivity index (χ0n) is 16.9. The van der Waals surface area contributed by atoms with Crippen LogP contribution in [0.2, 0.25) is 0 Å². The van der Waals surface area contributed by atoms with E-state index in [4.69, 9.17) is 9.47 Å². The molecular formula is C20H23N7O3. The van der Waals surface area contributed by atoms with Gasteiger partial charge in [-0.3, -0.25) is 4.79 Å². The van der Waals surface area contributed by atoms with Crippen molar-refractivity contribution in [3.05, 3.63) is 43.0 Å². The van der Waals surface area contributed by atoms with Crippen molar-refractivity contribution in [3.63, 3.8) is 0 Å². The van der Waals surface area contributed by atoms with Crippen LogP contribution in [0, 0.1) is 5.92 Å². The molecule has 3 heterocycles. The molecule has 0 radical (unpaired) electrons. The first-order chi connectivity index (χ1) is 14.7. The first-order valence-corrected chi connectivity index (χ1v) is 9.64. The van der Waals surface area contributed by atoms with Crippen LogP contribution in [0.15, 0.2) is 43.0 Å². The molecule has 0 spiro atoms. The average molecular weight is 409 g/mol. The summed E-state index contributed by atoms with van der Waals surface area (Å²) in [5, 5.41) is 15.5. The first kappa shape index (κ1) is 19.6. The molecule has 1 N–H and O–H groups in total. The van der Waals surface area contributed by atoms with Crippen LogP contribution in [0.4, 0.5) is 11.5 Å². The molecule has 0 bridgehead atoms. The summed E-state index contributed by atoms with van der Waals surface area (Å²) in [5.41, 5.74) is 0.639. The summed E-state index contributed by atoms with van der Waals surface area (Å²) in [6.07, 6.45) is 4.49. The third-order valence-electron chi connectivity index (χ3n) is 5.15. The van der Waals surface area contributed by atoms with Crippen molar-refractivity contribution in [1.82, 2.24) is 25.0 Å². The van der Waals surface area contributed by atoms with Gasteiger partial charge in [-0.25, -0.2) is 9.67 Å². The van der Waals surface area contributed by atoms with Crippen molar-refractivity contribution in [2.24, 2.45) is 5.92 Å². The summed E-state index contributed by atoms with van der Waals surface area (Å²) < 4.78 is 12.1. The van der Waals surface area contributed by atoms with Gasteiger partial charge in [0.1, 0.15) is 24.2 Å². The lowest BCUT2D eigenvalue weighted by molar-refractivity contribution is -0.120. The number of ether oxygens (including phenoxy) is 2. The average Bonchev–Trinajstić information content (AvgIpc) is 3.34. The normalized spacial score (nSPS) is 14.4. The van der Waals surface area contributed by atoms with Crippen LogP contribution in [0.1, 0.15) is 12.8 Å².